The van der Waals surface area contributed by atoms with Crippen LogP contribution >= 0.6 is 0 Å². The first-order chi connectivity index (χ1) is 8.88. The van der Waals surface area contributed by atoms with Crippen molar-refractivity contribution in [1.29, 1.82) is 0 Å². The van der Waals surface area contributed by atoms with Gasteiger partial charge in [-0.1, -0.05) is 19.9 Å². The molecule has 0 radical (unpaired) electrons. The zero-order chi connectivity index (χ0) is 14.0. The topological polar surface area (TPSA) is 75.4 Å². The van der Waals surface area contributed by atoms with Gasteiger partial charge < -0.3 is 14.8 Å². The van der Waals surface area contributed by atoms with E-state index in [1.807, 2.05) is 25.1 Å². The molecule has 2 rings (SSSR count). The molecule has 1 aromatic heterocycles. The molecule has 5 nitrogen and oxygen atoms in total. The molecule has 0 atom stereocenters. The molecule has 0 aliphatic heterocycles. The second-order valence-electron chi connectivity index (χ2n) is 5.30. The molecule has 2 N–H and O–H groups in total. The van der Waals surface area contributed by atoms with E-state index >= 15 is 0 Å². The van der Waals surface area contributed by atoms with Crippen molar-refractivity contribution in [2.45, 2.75) is 26.2 Å². The summed E-state index contributed by atoms with van der Waals surface area (Å²) >= 11 is 0. The van der Waals surface area contributed by atoms with Crippen LogP contribution in [0, 0.1) is 6.92 Å². The fourth-order valence-electron chi connectivity index (χ4n) is 2.05. The molecule has 0 aliphatic rings. The number of hydrogen-bond donors (Lipinski definition) is 2. The molecular weight excluding hydrogens is 244 g/mol. The molecule has 1 aromatic carbocycles. The number of fused-ring (bicyclic) bond motifs is 1. The van der Waals surface area contributed by atoms with Gasteiger partial charge in [-0.2, -0.15) is 0 Å². The number of nitrogens with zero attached hydrogens (tertiary/aromatic N) is 1. The maximum absolute atomic E-state index is 10.5. The number of aromatic nitrogens is 1. The molecule has 0 saturated heterocycles. The zero-order valence-corrected chi connectivity index (χ0v) is 11.4. The Labute approximate surface area is 111 Å². The fraction of sp³-hybridized carbons (Fsp3) is 0.429. The lowest BCUT2D eigenvalue weighted by Crippen LogP contribution is -2.35. The number of carboxylic acid groups (broad SMARTS) is 1. The van der Waals surface area contributed by atoms with Gasteiger partial charge in [0.25, 0.3) is 0 Å². The first-order valence-corrected chi connectivity index (χ1v) is 6.19. The highest BCUT2D eigenvalue weighted by molar-refractivity contribution is 5.73. The van der Waals surface area contributed by atoms with Crippen LogP contribution in [0.1, 0.15) is 25.3 Å². The Morgan fingerprint density at radius 2 is 2.21 bits per heavy atom. The molecular formula is C14H18N2O3. The maximum atomic E-state index is 10.5. The number of oxazole rings is 1. The van der Waals surface area contributed by atoms with E-state index in [9.17, 15) is 4.79 Å². The van der Waals surface area contributed by atoms with Crippen molar-refractivity contribution in [3.8, 4) is 0 Å². The maximum Gasteiger partial charge on any atom is 0.317 e. The van der Waals surface area contributed by atoms with Crippen LogP contribution in [0.5, 0.6) is 0 Å². The molecule has 5 heteroatoms. The Kier molecular flexibility index (Phi) is 3.57. The number of hydrogen-bond acceptors (Lipinski definition) is 4. The quantitative estimate of drug-likeness (QED) is 0.863. The predicted molar refractivity (Wildman–Crippen MR) is 72.3 cm³/mol. The SMILES string of the molecule is Cc1nc2cc(C(C)(C)CNCC(=O)O)ccc2o1. The van der Waals surface area contributed by atoms with Crippen molar-refractivity contribution in [3.05, 3.63) is 29.7 Å². The second-order valence-corrected chi connectivity index (χ2v) is 5.30. The van der Waals surface area contributed by atoms with Crippen molar-refractivity contribution < 1.29 is 14.3 Å². The number of carboxylic acids is 1. The normalized spacial score (nSPS) is 11.9. The molecule has 0 amide bonds. The highest BCUT2D eigenvalue weighted by Crippen LogP contribution is 2.26. The first kappa shape index (κ1) is 13.5. The monoisotopic (exact) mass is 262 g/mol. The summed E-state index contributed by atoms with van der Waals surface area (Å²) in [6.45, 7) is 6.50. The molecule has 19 heavy (non-hydrogen) atoms. The summed E-state index contributed by atoms with van der Waals surface area (Å²) in [5.74, 6) is -0.202. The van der Waals surface area contributed by atoms with Gasteiger partial charge in [-0.05, 0) is 17.7 Å². The van der Waals surface area contributed by atoms with Crippen molar-refractivity contribution in [2.75, 3.05) is 13.1 Å². The van der Waals surface area contributed by atoms with Crippen molar-refractivity contribution in [1.82, 2.24) is 10.3 Å². The second kappa shape index (κ2) is 5.01. The van der Waals surface area contributed by atoms with Crippen molar-refractivity contribution in [2.24, 2.45) is 0 Å². The van der Waals surface area contributed by atoms with Crippen LogP contribution in [-0.4, -0.2) is 29.1 Å². The van der Waals surface area contributed by atoms with E-state index in [-0.39, 0.29) is 12.0 Å². The van der Waals surface area contributed by atoms with Crippen LogP contribution in [0.25, 0.3) is 11.1 Å². The van der Waals surface area contributed by atoms with Gasteiger partial charge in [-0.3, -0.25) is 4.79 Å². The summed E-state index contributed by atoms with van der Waals surface area (Å²) in [7, 11) is 0. The Morgan fingerprint density at radius 1 is 1.47 bits per heavy atom. The van der Waals surface area contributed by atoms with Gasteiger partial charge >= 0.3 is 5.97 Å². The Hall–Kier alpha value is -1.88. The molecule has 0 spiro atoms. The molecule has 0 unspecified atom stereocenters. The predicted octanol–water partition coefficient (Wildman–Crippen LogP) is 2.09. The summed E-state index contributed by atoms with van der Waals surface area (Å²) in [5.41, 5.74) is 2.54. The Bertz CT molecular complexity index is 602. The van der Waals surface area contributed by atoms with Gasteiger partial charge in [0.2, 0.25) is 0 Å². The van der Waals surface area contributed by atoms with Crippen molar-refractivity contribution in [3.63, 3.8) is 0 Å². The molecule has 0 bridgehead atoms. The van der Waals surface area contributed by atoms with E-state index in [1.54, 1.807) is 0 Å². The van der Waals surface area contributed by atoms with Gasteiger partial charge in [0, 0.05) is 18.9 Å². The number of nitrogens with one attached hydrogen (secondary N) is 1. The summed E-state index contributed by atoms with van der Waals surface area (Å²) < 4.78 is 5.44. The average Bonchev–Trinajstić information content (AvgIpc) is 2.67. The van der Waals surface area contributed by atoms with Gasteiger partial charge in [0.05, 0.1) is 6.54 Å². The first-order valence-electron chi connectivity index (χ1n) is 6.19. The summed E-state index contributed by atoms with van der Waals surface area (Å²) in [5, 5.41) is 11.6. The van der Waals surface area contributed by atoms with E-state index in [2.05, 4.69) is 24.1 Å². The highest BCUT2D eigenvalue weighted by atomic mass is 16.4. The number of benzene rings is 1. The third-order valence-corrected chi connectivity index (χ3v) is 3.12. The molecule has 0 fully saturated rings. The number of rotatable bonds is 5. The van der Waals surface area contributed by atoms with E-state index in [0.29, 0.717) is 12.4 Å². The lowest BCUT2D eigenvalue weighted by Gasteiger charge is -2.25. The minimum absolute atomic E-state index is 0.0330. The minimum Gasteiger partial charge on any atom is -0.480 e. The smallest absolute Gasteiger partial charge is 0.317 e. The summed E-state index contributed by atoms with van der Waals surface area (Å²) in [6.07, 6.45) is 0. The molecule has 1 heterocycles. The number of aliphatic carboxylic acids is 1. The number of aryl methyl sites for hydroxylation is 1. The van der Waals surface area contributed by atoms with Crippen LogP contribution in [0.4, 0.5) is 0 Å². The number of carbonyl (C=O) groups is 1. The molecule has 0 aliphatic carbocycles. The van der Waals surface area contributed by atoms with Gasteiger partial charge in [0.1, 0.15) is 5.52 Å². The van der Waals surface area contributed by atoms with E-state index in [0.717, 1.165) is 16.7 Å². The van der Waals surface area contributed by atoms with Gasteiger partial charge in [0.15, 0.2) is 11.5 Å². The highest BCUT2D eigenvalue weighted by Gasteiger charge is 2.21. The average molecular weight is 262 g/mol. The largest absolute Gasteiger partial charge is 0.480 e. The lowest BCUT2D eigenvalue weighted by molar-refractivity contribution is -0.136. The molecule has 102 valence electrons. The summed E-state index contributed by atoms with van der Waals surface area (Å²) in [4.78, 5) is 14.8. The Balaban J connectivity index is 2.19. The van der Waals surface area contributed by atoms with E-state index in [1.165, 1.54) is 0 Å². The van der Waals surface area contributed by atoms with Crippen LogP contribution in [-0.2, 0) is 10.2 Å². The minimum atomic E-state index is -0.849. The van der Waals surface area contributed by atoms with Crippen LogP contribution in [0.2, 0.25) is 0 Å². The van der Waals surface area contributed by atoms with Gasteiger partial charge in [-0.15, -0.1) is 0 Å². The van der Waals surface area contributed by atoms with Crippen LogP contribution in [0.3, 0.4) is 0 Å². The fourth-order valence-corrected chi connectivity index (χ4v) is 2.05. The molecule has 0 saturated carbocycles. The van der Waals surface area contributed by atoms with Gasteiger partial charge in [-0.25, -0.2) is 4.98 Å². The third kappa shape index (κ3) is 3.12. The zero-order valence-electron chi connectivity index (χ0n) is 11.4. The molecule has 2 aromatic rings. The van der Waals surface area contributed by atoms with E-state index < -0.39 is 5.97 Å². The lowest BCUT2D eigenvalue weighted by atomic mass is 9.84. The Morgan fingerprint density at radius 3 is 2.89 bits per heavy atom. The standard InChI is InChI=1S/C14H18N2O3/c1-9-16-11-6-10(4-5-12(11)19-9)14(2,3)8-15-7-13(17)18/h4-6,15H,7-8H2,1-3H3,(H,17,18). The van der Waals surface area contributed by atoms with E-state index in [4.69, 9.17) is 9.52 Å². The van der Waals surface area contributed by atoms with Crippen LogP contribution in [0.15, 0.2) is 22.6 Å². The van der Waals surface area contributed by atoms with Crippen LogP contribution < -0.4 is 5.32 Å². The third-order valence-electron chi connectivity index (χ3n) is 3.12. The summed E-state index contributed by atoms with van der Waals surface area (Å²) in [6, 6.07) is 5.90. The van der Waals surface area contributed by atoms with Crippen molar-refractivity contribution >= 4 is 17.1 Å².